The molecule has 1 aliphatic rings. The van der Waals surface area contributed by atoms with Crippen LogP contribution in [0.3, 0.4) is 0 Å². The number of benzene rings is 3. The highest BCUT2D eigenvalue weighted by Crippen LogP contribution is 2.30. The van der Waals surface area contributed by atoms with Crippen LogP contribution in [0.4, 0.5) is 0 Å². The van der Waals surface area contributed by atoms with E-state index >= 15 is 0 Å². The minimum absolute atomic E-state index is 0.0794. The number of para-hydroxylation sites is 1. The second-order valence-electron chi connectivity index (χ2n) is 8.91. The summed E-state index contributed by atoms with van der Waals surface area (Å²) in [4.78, 5) is 18.5. The number of hydrogen-bond donors (Lipinski definition) is 1. The Morgan fingerprint density at radius 1 is 0.903 bits per heavy atom. The first kappa shape index (κ1) is 20.0. The van der Waals surface area contributed by atoms with Crippen molar-refractivity contribution in [3.63, 3.8) is 0 Å². The molecule has 3 aromatic carbocycles. The van der Waals surface area contributed by atoms with Gasteiger partial charge in [-0.2, -0.15) is 0 Å². The number of rotatable bonds is 5. The molecule has 2 unspecified atom stereocenters. The minimum atomic E-state index is 0.0794. The average molecular weight is 412 g/mol. The number of fused-ring (bicyclic) bond motifs is 2. The second kappa shape index (κ2) is 8.64. The van der Waals surface area contributed by atoms with Crippen LogP contribution in [-0.2, 0) is 13.0 Å². The van der Waals surface area contributed by atoms with Crippen molar-refractivity contribution in [1.82, 2.24) is 9.55 Å². The molecule has 0 spiro atoms. The first-order chi connectivity index (χ1) is 15.2. The fourth-order valence-electron chi connectivity index (χ4n) is 5.19. The summed E-state index contributed by atoms with van der Waals surface area (Å²) in [7, 11) is 0. The summed E-state index contributed by atoms with van der Waals surface area (Å²) < 4.78 is 1.95. The minimum Gasteiger partial charge on any atom is -0.330 e. The lowest BCUT2D eigenvalue weighted by Crippen LogP contribution is -2.32. The molecule has 1 aromatic heterocycles. The Bertz CT molecular complexity index is 1270. The van der Waals surface area contributed by atoms with Gasteiger partial charge >= 0.3 is 0 Å². The smallest absolute Gasteiger partial charge is 0.261 e. The van der Waals surface area contributed by atoms with E-state index in [0.717, 1.165) is 37.3 Å². The normalized spacial score (nSPS) is 19.1. The van der Waals surface area contributed by atoms with E-state index < -0.39 is 0 Å². The SMILES string of the molecule is NCC1CCCC(Cn2c(Cc3cccc4ccccc34)nc3ccccc3c2=O)C1. The monoisotopic (exact) mass is 411 g/mol. The predicted molar refractivity (Wildman–Crippen MR) is 127 cm³/mol. The third kappa shape index (κ3) is 4.00. The molecular weight excluding hydrogens is 382 g/mol. The molecule has 158 valence electrons. The van der Waals surface area contributed by atoms with E-state index in [2.05, 4.69) is 42.5 Å². The Morgan fingerprint density at radius 3 is 2.52 bits per heavy atom. The standard InChI is InChI=1S/C27H29N3O/c28-17-19-7-5-8-20(15-19)18-30-26(29-25-14-4-3-13-24(25)27(30)31)16-22-11-6-10-21-9-1-2-12-23(21)22/h1-4,6,9-14,19-20H,5,7-8,15-18,28H2. The molecule has 4 nitrogen and oxygen atoms in total. The summed E-state index contributed by atoms with van der Waals surface area (Å²) in [5.74, 6) is 1.91. The molecule has 1 heterocycles. The maximum Gasteiger partial charge on any atom is 0.261 e. The first-order valence-corrected chi connectivity index (χ1v) is 11.4. The van der Waals surface area contributed by atoms with Crippen LogP contribution in [0.25, 0.3) is 21.7 Å². The second-order valence-corrected chi connectivity index (χ2v) is 8.91. The van der Waals surface area contributed by atoms with E-state index in [-0.39, 0.29) is 5.56 Å². The highest BCUT2D eigenvalue weighted by atomic mass is 16.1. The van der Waals surface area contributed by atoms with Crippen molar-refractivity contribution in [3.8, 4) is 0 Å². The third-order valence-corrected chi connectivity index (χ3v) is 6.83. The molecule has 31 heavy (non-hydrogen) atoms. The van der Waals surface area contributed by atoms with Crippen molar-refractivity contribution in [2.75, 3.05) is 6.54 Å². The van der Waals surface area contributed by atoms with Crippen LogP contribution in [0.15, 0.2) is 71.5 Å². The number of hydrogen-bond acceptors (Lipinski definition) is 3. The van der Waals surface area contributed by atoms with Crippen LogP contribution < -0.4 is 11.3 Å². The van der Waals surface area contributed by atoms with Crippen molar-refractivity contribution >= 4 is 21.7 Å². The Hall–Kier alpha value is -2.98. The zero-order valence-corrected chi connectivity index (χ0v) is 17.8. The molecule has 0 bridgehead atoms. The van der Waals surface area contributed by atoms with Gasteiger partial charge < -0.3 is 5.73 Å². The van der Waals surface area contributed by atoms with E-state index in [1.165, 1.54) is 29.2 Å². The van der Waals surface area contributed by atoms with Gasteiger partial charge in [-0.05, 0) is 66.1 Å². The average Bonchev–Trinajstić information content (AvgIpc) is 2.82. The van der Waals surface area contributed by atoms with Gasteiger partial charge in [0.05, 0.1) is 10.9 Å². The fraction of sp³-hybridized carbons (Fsp3) is 0.333. The van der Waals surface area contributed by atoms with E-state index in [1.54, 1.807) is 0 Å². The zero-order chi connectivity index (χ0) is 21.2. The molecule has 1 fully saturated rings. The van der Waals surface area contributed by atoms with Crippen LogP contribution in [-0.4, -0.2) is 16.1 Å². The van der Waals surface area contributed by atoms with Crippen LogP contribution in [0, 0.1) is 11.8 Å². The lowest BCUT2D eigenvalue weighted by Gasteiger charge is -2.29. The molecule has 4 aromatic rings. The molecule has 5 rings (SSSR count). The van der Waals surface area contributed by atoms with Crippen LogP contribution >= 0.6 is 0 Å². The maximum absolute atomic E-state index is 13.5. The lowest BCUT2D eigenvalue weighted by atomic mass is 9.81. The van der Waals surface area contributed by atoms with Crippen molar-refractivity contribution in [3.05, 3.63) is 88.5 Å². The summed E-state index contributed by atoms with van der Waals surface area (Å²) in [6.07, 6.45) is 5.31. The maximum atomic E-state index is 13.5. The number of nitrogens with zero attached hydrogens (tertiary/aromatic N) is 2. The van der Waals surface area contributed by atoms with Gasteiger partial charge in [0, 0.05) is 13.0 Å². The molecular formula is C27H29N3O. The van der Waals surface area contributed by atoms with Gasteiger partial charge in [-0.3, -0.25) is 9.36 Å². The quantitative estimate of drug-likeness (QED) is 0.508. The molecule has 1 saturated carbocycles. The molecule has 1 aliphatic carbocycles. The topological polar surface area (TPSA) is 60.9 Å². The highest BCUT2D eigenvalue weighted by molar-refractivity contribution is 5.86. The van der Waals surface area contributed by atoms with Gasteiger partial charge in [-0.1, -0.05) is 61.0 Å². The van der Waals surface area contributed by atoms with E-state index in [1.807, 2.05) is 28.8 Å². The lowest BCUT2D eigenvalue weighted by molar-refractivity contribution is 0.244. The number of nitrogens with two attached hydrogens (primary N) is 1. The van der Waals surface area contributed by atoms with Crippen LogP contribution in [0.5, 0.6) is 0 Å². The molecule has 0 saturated heterocycles. The van der Waals surface area contributed by atoms with E-state index in [0.29, 0.717) is 23.6 Å². The molecule has 0 radical (unpaired) electrons. The molecule has 2 atom stereocenters. The molecule has 0 aliphatic heterocycles. The van der Waals surface area contributed by atoms with E-state index in [4.69, 9.17) is 10.7 Å². The van der Waals surface area contributed by atoms with Gasteiger partial charge in [-0.15, -0.1) is 0 Å². The van der Waals surface area contributed by atoms with Crippen LogP contribution in [0.2, 0.25) is 0 Å². The van der Waals surface area contributed by atoms with E-state index in [9.17, 15) is 4.79 Å². The Labute approximate surface area is 182 Å². The summed E-state index contributed by atoms with van der Waals surface area (Å²) >= 11 is 0. The van der Waals surface area contributed by atoms with Gasteiger partial charge in [-0.25, -0.2) is 4.98 Å². The van der Waals surface area contributed by atoms with Crippen LogP contribution in [0.1, 0.15) is 37.1 Å². The Kier molecular flexibility index (Phi) is 5.56. The Morgan fingerprint density at radius 2 is 1.65 bits per heavy atom. The molecule has 0 amide bonds. The van der Waals surface area contributed by atoms with Crippen molar-refractivity contribution in [1.29, 1.82) is 0 Å². The summed E-state index contributed by atoms with van der Waals surface area (Å²) in [5, 5.41) is 3.14. The van der Waals surface area contributed by atoms with Gasteiger partial charge in [0.2, 0.25) is 0 Å². The molecule has 2 N–H and O–H groups in total. The fourth-order valence-corrected chi connectivity index (χ4v) is 5.19. The van der Waals surface area contributed by atoms with Crippen molar-refractivity contribution in [2.45, 2.75) is 38.6 Å². The Balaban J connectivity index is 1.59. The zero-order valence-electron chi connectivity index (χ0n) is 17.8. The van der Waals surface area contributed by atoms with Crippen molar-refractivity contribution in [2.24, 2.45) is 17.6 Å². The van der Waals surface area contributed by atoms with Crippen molar-refractivity contribution < 1.29 is 0 Å². The van der Waals surface area contributed by atoms with Gasteiger partial charge in [0.15, 0.2) is 0 Å². The summed E-state index contributed by atoms with van der Waals surface area (Å²) in [5.41, 5.74) is 8.03. The predicted octanol–water partition coefficient (Wildman–Crippen LogP) is 4.91. The number of aromatic nitrogens is 2. The largest absolute Gasteiger partial charge is 0.330 e. The third-order valence-electron chi connectivity index (χ3n) is 6.83. The first-order valence-electron chi connectivity index (χ1n) is 11.4. The summed E-state index contributed by atoms with van der Waals surface area (Å²) in [6.45, 7) is 1.47. The van der Waals surface area contributed by atoms with Gasteiger partial charge in [0.25, 0.3) is 5.56 Å². The van der Waals surface area contributed by atoms with Gasteiger partial charge in [0.1, 0.15) is 5.82 Å². The summed E-state index contributed by atoms with van der Waals surface area (Å²) in [6, 6.07) is 22.5. The molecule has 4 heteroatoms. The highest BCUT2D eigenvalue weighted by Gasteiger charge is 2.23.